The number of nitrogens with zero attached hydrogens (tertiary/aromatic N) is 1. The highest BCUT2D eigenvalue weighted by Crippen LogP contribution is 2.14. The Labute approximate surface area is 120 Å². The summed E-state index contributed by atoms with van der Waals surface area (Å²) in [6.45, 7) is 0.547. The molecule has 2 rings (SSSR count). The van der Waals surface area contributed by atoms with Gasteiger partial charge in [0.2, 0.25) is 0 Å². The standard InChI is InChI=1S/C14H16N2O3S/c1-16-9-11(12(19-2)8-13(16)17)14(18)15-6-5-10-4-3-7-20-10/h3-4,7-9H,5-6H2,1-2H3,(H,15,18). The van der Waals surface area contributed by atoms with Gasteiger partial charge in [0.15, 0.2) is 0 Å². The van der Waals surface area contributed by atoms with Crippen molar-refractivity contribution in [2.45, 2.75) is 6.42 Å². The molecule has 6 heteroatoms. The quantitative estimate of drug-likeness (QED) is 0.907. The van der Waals surface area contributed by atoms with Crippen molar-refractivity contribution in [3.8, 4) is 5.75 Å². The monoisotopic (exact) mass is 292 g/mol. The molecule has 1 N–H and O–H groups in total. The molecule has 2 heterocycles. The van der Waals surface area contributed by atoms with E-state index in [1.54, 1.807) is 18.4 Å². The van der Waals surface area contributed by atoms with E-state index in [2.05, 4.69) is 5.32 Å². The van der Waals surface area contributed by atoms with Gasteiger partial charge in [-0.25, -0.2) is 0 Å². The van der Waals surface area contributed by atoms with Gasteiger partial charge in [0, 0.05) is 30.7 Å². The fourth-order valence-corrected chi connectivity index (χ4v) is 2.51. The Hall–Kier alpha value is -2.08. The molecule has 0 atom stereocenters. The maximum absolute atomic E-state index is 12.1. The summed E-state index contributed by atoms with van der Waals surface area (Å²) >= 11 is 1.66. The van der Waals surface area contributed by atoms with E-state index in [4.69, 9.17) is 4.74 Å². The minimum Gasteiger partial charge on any atom is -0.496 e. The SMILES string of the molecule is COc1cc(=O)n(C)cc1C(=O)NCCc1cccs1. The van der Waals surface area contributed by atoms with Crippen LogP contribution in [-0.4, -0.2) is 24.1 Å². The summed E-state index contributed by atoms with van der Waals surface area (Å²) in [5, 5.41) is 4.84. The number of thiophene rings is 1. The van der Waals surface area contributed by atoms with Gasteiger partial charge in [-0.3, -0.25) is 9.59 Å². The lowest BCUT2D eigenvalue weighted by Gasteiger charge is -2.10. The zero-order valence-corrected chi connectivity index (χ0v) is 12.2. The van der Waals surface area contributed by atoms with Gasteiger partial charge < -0.3 is 14.6 Å². The first-order chi connectivity index (χ1) is 9.61. The van der Waals surface area contributed by atoms with Gasteiger partial charge in [0.25, 0.3) is 11.5 Å². The lowest BCUT2D eigenvalue weighted by molar-refractivity contribution is 0.0950. The van der Waals surface area contributed by atoms with Crippen molar-refractivity contribution in [2.24, 2.45) is 7.05 Å². The molecule has 0 radical (unpaired) electrons. The average Bonchev–Trinajstić information content (AvgIpc) is 2.94. The molecule has 0 aliphatic heterocycles. The average molecular weight is 292 g/mol. The Balaban J connectivity index is 2.05. The smallest absolute Gasteiger partial charge is 0.256 e. The summed E-state index contributed by atoms with van der Waals surface area (Å²) in [6.07, 6.45) is 2.28. The number of aromatic nitrogens is 1. The van der Waals surface area contributed by atoms with Crippen LogP contribution in [0.4, 0.5) is 0 Å². The first kappa shape index (κ1) is 14.3. The van der Waals surface area contributed by atoms with Crippen LogP contribution in [0, 0.1) is 0 Å². The van der Waals surface area contributed by atoms with E-state index in [1.807, 2.05) is 17.5 Å². The van der Waals surface area contributed by atoms with Gasteiger partial charge in [-0.15, -0.1) is 11.3 Å². The second kappa shape index (κ2) is 6.38. The van der Waals surface area contributed by atoms with Crippen molar-refractivity contribution in [2.75, 3.05) is 13.7 Å². The molecule has 0 saturated carbocycles. The second-order valence-corrected chi connectivity index (χ2v) is 5.32. The van der Waals surface area contributed by atoms with E-state index in [1.165, 1.54) is 28.8 Å². The van der Waals surface area contributed by atoms with Crippen LogP contribution in [0.25, 0.3) is 0 Å². The Morgan fingerprint density at radius 1 is 1.50 bits per heavy atom. The zero-order valence-electron chi connectivity index (χ0n) is 11.4. The van der Waals surface area contributed by atoms with E-state index in [0.29, 0.717) is 17.9 Å². The molecule has 0 aliphatic carbocycles. The molecular weight excluding hydrogens is 276 g/mol. The minimum absolute atomic E-state index is 0.211. The van der Waals surface area contributed by atoms with E-state index in [-0.39, 0.29) is 11.5 Å². The third kappa shape index (κ3) is 3.27. The number of methoxy groups -OCH3 is 1. The molecule has 0 aromatic carbocycles. The number of ether oxygens (including phenoxy) is 1. The van der Waals surface area contributed by atoms with Crippen molar-refractivity contribution in [1.82, 2.24) is 9.88 Å². The molecule has 1 amide bonds. The summed E-state index contributed by atoms with van der Waals surface area (Å²) < 4.78 is 6.44. The van der Waals surface area contributed by atoms with Crippen molar-refractivity contribution >= 4 is 17.2 Å². The van der Waals surface area contributed by atoms with Crippen LogP contribution in [0.5, 0.6) is 5.75 Å². The third-order valence-electron chi connectivity index (χ3n) is 2.89. The van der Waals surface area contributed by atoms with Crippen LogP contribution in [0.3, 0.4) is 0 Å². The number of rotatable bonds is 5. The Morgan fingerprint density at radius 3 is 2.95 bits per heavy atom. The fourth-order valence-electron chi connectivity index (χ4n) is 1.80. The molecule has 0 unspecified atom stereocenters. The number of carbonyl (C=O) groups is 1. The van der Waals surface area contributed by atoms with Gasteiger partial charge in [0.05, 0.1) is 12.7 Å². The summed E-state index contributed by atoms with van der Waals surface area (Å²) in [6, 6.07) is 5.33. The predicted molar refractivity (Wildman–Crippen MR) is 78.6 cm³/mol. The van der Waals surface area contributed by atoms with Crippen molar-refractivity contribution < 1.29 is 9.53 Å². The molecule has 0 fully saturated rings. The van der Waals surface area contributed by atoms with Crippen LogP contribution < -0.4 is 15.6 Å². The molecule has 2 aromatic rings. The predicted octanol–water partition coefficient (Wildman–Crippen LogP) is 1.43. The maximum Gasteiger partial charge on any atom is 0.256 e. The topological polar surface area (TPSA) is 60.3 Å². The van der Waals surface area contributed by atoms with Gasteiger partial charge in [-0.05, 0) is 17.9 Å². The van der Waals surface area contributed by atoms with Gasteiger partial charge in [-0.2, -0.15) is 0 Å². The summed E-state index contributed by atoms with van der Waals surface area (Å²) in [4.78, 5) is 24.8. The van der Waals surface area contributed by atoms with Gasteiger partial charge in [-0.1, -0.05) is 6.07 Å². The van der Waals surface area contributed by atoms with Crippen LogP contribution in [-0.2, 0) is 13.5 Å². The Bertz CT molecular complexity index is 647. The maximum atomic E-state index is 12.1. The second-order valence-electron chi connectivity index (χ2n) is 4.29. The number of nitrogens with one attached hydrogen (secondary N) is 1. The highest BCUT2D eigenvalue weighted by Gasteiger charge is 2.13. The van der Waals surface area contributed by atoms with Crippen LogP contribution in [0.1, 0.15) is 15.2 Å². The van der Waals surface area contributed by atoms with Crippen molar-refractivity contribution in [3.05, 3.63) is 50.6 Å². The van der Waals surface area contributed by atoms with Crippen LogP contribution >= 0.6 is 11.3 Å². The number of hydrogen-bond donors (Lipinski definition) is 1. The van der Waals surface area contributed by atoms with Gasteiger partial charge >= 0.3 is 0 Å². The summed E-state index contributed by atoms with van der Waals surface area (Å²) in [5.74, 6) is 0.0516. The molecule has 5 nitrogen and oxygen atoms in total. The lowest BCUT2D eigenvalue weighted by Crippen LogP contribution is -2.28. The van der Waals surface area contributed by atoms with E-state index in [9.17, 15) is 9.59 Å². The molecule has 0 aliphatic rings. The largest absolute Gasteiger partial charge is 0.496 e. The fraction of sp³-hybridized carbons (Fsp3) is 0.286. The number of pyridine rings is 1. The molecule has 2 aromatic heterocycles. The van der Waals surface area contributed by atoms with Gasteiger partial charge in [0.1, 0.15) is 5.75 Å². The van der Waals surface area contributed by atoms with E-state index >= 15 is 0 Å². The number of aryl methyl sites for hydroxylation is 1. The third-order valence-corrected chi connectivity index (χ3v) is 3.83. The lowest BCUT2D eigenvalue weighted by atomic mass is 10.2. The van der Waals surface area contributed by atoms with Crippen LogP contribution in [0.15, 0.2) is 34.6 Å². The van der Waals surface area contributed by atoms with E-state index < -0.39 is 0 Å². The minimum atomic E-state index is -0.242. The molecule has 106 valence electrons. The summed E-state index contributed by atoms with van der Waals surface area (Å²) in [7, 11) is 3.04. The normalized spacial score (nSPS) is 10.3. The number of hydrogen-bond acceptors (Lipinski definition) is 4. The summed E-state index contributed by atoms with van der Waals surface area (Å²) in [5.41, 5.74) is 0.151. The van der Waals surface area contributed by atoms with Crippen molar-refractivity contribution in [3.63, 3.8) is 0 Å². The molecular formula is C14H16N2O3S. The molecule has 0 saturated heterocycles. The van der Waals surface area contributed by atoms with Crippen molar-refractivity contribution in [1.29, 1.82) is 0 Å². The number of amides is 1. The Kier molecular flexibility index (Phi) is 4.57. The number of carbonyl (C=O) groups excluding carboxylic acids is 1. The molecule has 0 spiro atoms. The van der Waals surface area contributed by atoms with E-state index in [0.717, 1.165) is 6.42 Å². The Morgan fingerprint density at radius 2 is 2.30 bits per heavy atom. The van der Waals surface area contributed by atoms with Crippen LogP contribution in [0.2, 0.25) is 0 Å². The highest BCUT2D eigenvalue weighted by molar-refractivity contribution is 7.09. The first-order valence-electron chi connectivity index (χ1n) is 6.17. The molecule has 0 bridgehead atoms. The zero-order chi connectivity index (χ0) is 14.5. The first-order valence-corrected chi connectivity index (χ1v) is 7.05. The highest BCUT2D eigenvalue weighted by atomic mass is 32.1. The molecule has 20 heavy (non-hydrogen) atoms.